The number of hydrogen-bond donors (Lipinski definition) is 1. The molecule has 0 aliphatic carbocycles. The third kappa shape index (κ3) is 3.32. The molecule has 0 unspecified atom stereocenters. The third-order valence-electron chi connectivity index (χ3n) is 4.26. The number of anilines is 1. The van der Waals surface area contributed by atoms with Gasteiger partial charge in [0, 0.05) is 5.56 Å². The van der Waals surface area contributed by atoms with Crippen LogP contribution in [0.3, 0.4) is 0 Å². The summed E-state index contributed by atoms with van der Waals surface area (Å²) in [5.41, 5.74) is 2.21. The summed E-state index contributed by atoms with van der Waals surface area (Å²) in [5, 5.41) is 3.41. The Hall–Kier alpha value is -2.97. The van der Waals surface area contributed by atoms with Crippen LogP contribution in [0, 0.1) is 0 Å². The van der Waals surface area contributed by atoms with Gasteiger partial charge in [0.05, 0.1) is 11.1 Å². The van der Waals surface area contributed by atoms with Crippen LogP contribution in [0.2, 0.25) is 0 Å². The highest BCUT2D eigenvalue weighted by atomic mass is 32.2. The second-order valence-electron chi connectivity index (χ2n) is 6.02. The van der Waals surface area contributed by atoms with Gasteiger partial charge in [-0.15, -0.1) is 0 Å². The summed E-state index contributed by atoms with van der Waals surface area (Å²) in [6, 6.07) is 16.1. The van der Waals surface area contributed by atoms with Crippen LogP contribution in [-0.2, 0) is 4.79 Å². The molecule has 0 saturated carbocycles. The first-order valence-corrected chi connectivity index (χ1v) is 10.5. The van der Waals surface area contributed by atoms with Gasteiger partial charge in [-0.3, -0.25) is 19.3 Å². The molecule has 0 spiro atoms. The van der Waals surface area contributed by atoms with Crippen molar-refractivity contribution in [1.29, 1.82) is 0 Å². The summed E-state index contributed by atoms with van der Waals surface area (Å²) in [6.07, 6.45) is 1.91. The normalized spacial score (nSPS) is 13.0. The summed E-state index contributed by atoms with van der Waals surface area (Å²) in [5.74, 6) is -1.34. The Morgan fingerprint density at radius 2 is 1.64 bits per heavy atom. The lowest BCUT2D eigenvalue weighted by molar-refractivity contribution is -0.116. The van der Waals surface area contributed by atoms with E-state index in [0.29, 0.717) is 21.8 Å². The van der Waals surface area contributed by atoms with E-state index < -0.39 is 17.7 Å². The van der Waals surface area contributed by atoms with E-state index in [0.717, 1.165) is 14.8 Å². The fourth-order valence-electron chi connectivity index (χ4n) is 2.96. The van der Waals surface area contributed by atoms with Crippen molar-refractivity contribution in [3.05, 3.63) is 65.7 Å². The number of thiazole rings is 1. The second-order valence-corrected chi connectivity index (χ2v) is 8.07. The first-order valence-electron chi connectivity index (χ1n) is 8.44. The number of nitrogens with zero attached hydrogens (tertiary/aromatic N) is 2. The Kier molecular flexibility index (Phi) is 4.97. The minimum atomic E-state index is -0.451. The molecule has 1 aromatic heterocycles. The summed E-state index contributed by atoms with van der Waals surface area (Å²) in [7, 11) is 0. The maximum absolute atomic E-state index is 12.6. The molecule has 2 heterocycles. The molecule has 1 aliphatic rings. The Labute approximate surface area is 169 Å². The average molecular weight is 409 g/mol. The Balaban J connectivity index is 1.55. The zero-order chi connectivity index (χ0) is 19.7. The van der Waals surface area contributed by atoms with Gasteiger partial charge >= 0.3 is 0 Å². The molecule has 3 amide bonds. The standard InChI is InChI=1S/C20H15N3O3S2/c1-27-20-22-16(12-7-3-2-4-8-12)17(28-20)21-15(24)11-23-18(25)13-9-5-6-10-14(13)19(23)26/h2-10H,11H2,1H3,(H,21,24). The predicted octanol–water partition coefficient (Wildman–Crippen LogP) is 3.77. The zero-order valence-corrected chi connectivity index (χ0v) is 16.5. The van der Waals surface area contributed by atoms with E-state index in [1.165, 1.54) is 23.1 Å². The Morgan fingerprint density at radius 1 is 1.04 bits per heavy atom. The smallest absolute Gasteiger partial charge is 0.262 e. The van der Waals surface area contributed by atoms with Crippen LogP contribution >= 0.6 is 23.1 Å². The van der Waals surface area contributed by atoms with Gasteiger partial charge in [0.2, 0.25) is 5.91 Å². The molecule has 28 heavy (non-hydrogen) atoms. The summed E-state index contributed by atoms with van der Waals surface area (Å²) in [4.78, 5) is 43.0. The summed E-state index contributed by atoms with van der Waals surface area (Å²) < 4.78 is 0.815. The van der Waals surface area contributed by atoms with Crippen LogP contribution in [0.4, 0.5) is 5.00 Å². The van der Waals surface area contributed by atoms with E-state index >= 15 is 0 Å². The molecule has 3 aromatic rings. The highest BCUT2D eigenvalue weighted by Gasteiger charge is 2.36. The summed E-state index contributed by atoms with van der Waals surface area (Å²) >= 11 is 2.85. The van der Waals surface area contributed by atoms with Crippen molar-refractivity contribution in [2.24, 2.45) is 0 Å². The molecule has 4 rings (SSSR count). The van der Waals surface area contributed by atoms with Crippen molar-refractivity contribution in [3.8, 4) is 11.3 Å². The number of carbonyl (C=O) groups is 3. The largest absolute Gasteiger partial charge is 0.314 e. The van der Waals surface area contributed by atoms with Gasteiger partial charge < -0.3 is 5.32 Å². The number of amides is 3. The molecule has 140 valence electrons. The Bertz CT molecular complexity index is 1040. The first kappa shape index (κ1) is 18.4. The van der Waals surface area contributed by atoms with Gasteiger partial charge in [0.25, 0.3) is 11.8 Å². The number of hydrogen-bond acceptors (Lipinski definition) is 6. The monoisotopic (exact) mass is 409 g/mol. The maximum Gasteiger partial charge on any atom is 0.262 e. The molecular weight excluding hydrogens is 394 g/mol. The van der Waals surface area contributed by atoms with Crippen LogP contribution in [0.15, 0.2) is 58.9 Å². The van der Waals surface area contributed by atoms with Crippen molar-refractivity contribution < 1.29 is 14.4 Å². The maximum atomic E-state index is 12.6. The highest BCUT2D eigenvalue weighted by molar-refractivity contribution is 8.00. The molecule has 8 heteroatoms. The number of nitrogens with one attached hydrogen (secondary N) is 1. The van der Waals surface area contributed by atoms with E-state index in [9.17, 15) is 14.4 Å². The fourth-order valence-corrected chi connectivity index (χ4v) is 4.46. The fraction of sp³-hybridized carbons (Fsp3) is 0.100. The van der Waals surface area contributed by atoms with Crippen LogP contribution in [-0.4, -0.2) is 40.4 Å². The molecular formula is C20H15N3O3S2. The van der Waals surface area contributed by atoms with E-state index in [1.807, 2.05) is 36.6 Å². The molecule has 0 atom stereocenters. The second kappa shape index (κ2) is 7.57. The lowest BCUT2D eigenvalue weighted by atomic mass is 10.1. The quantitative estimate of drug-likeness (QED) is 0.513. The van der Waals surface area contributed by atoms with Crippen LogP contribution < -0.4 is 5.32 Å². The molecule has 1 aliphatic heterocycles. The van der Waals surface area contributed by atoms with Crippen LogP contribution in [0.1, 0.15) is 20.7 Å². The Morgan fingerprint density at radius 3 is 2.25 bits per heavy atom. The number of rotatable bonds is 5. The van der Waals surface area contributed by atoms with Gasteiger partial charge in [-0.1, -0.05) is 65.6 Å². The lowest BCUT2D eigenvalue weighted by Gasteiger charge is -2.13. The van der Waals surface area contributed by atoms with Gasteiger partial charge in [0.1, 0.15) is 17.2 Å². The highest BCUT2D eigenvalue weighted by Crippen LogP contribution is 2.36. The minimum absolute atomic E-state index is 0.327. The van der Waals surface area contributed by atoms with Crippen molar-refractivity contribution in [2.45, 2.75) is 4.34 Å². The van der Waals surface area contributed by atoms with Gasteiger partial charge in [-0.2, -0.15) is 0 Å². The van der Waals surface area contributed by atoms with Gasteiger partial charge in [-0.05, 0) is 18.4 Å². The average Bonchev–Trinajstić information content (AvgIpc) is 3.23. The van der Waals surface area contributed by atoms with Crippen molar-refractivity contribution >= 4 is 45.8 Å². The molecule has 0 saturated heterocycles. The predicted molar refractivity (Wildman–Crippen MR) is 110 cm³/mol. The van der Waals surface area contributed by atoms with Crippen molar-refractivity contribution in [1.82, 2.24) is 9.88 Å². The van der Waals surface area contributed by atoms with Crippen LogP contribution in [0.5, 0.6) is 0 Å². The van der Waals surface area contributed by atoms with Gasteiger partial charge in [0.15, 0.2) is 4.34 Å². The van der Waals surface area contributed by atoms with E-state index in [1.54, 1.807) is 24.3 Å². The lowest BCUT2D eigenvalue weighted by Crippen LogP contribution is -2.37. The zero-order valence-electron chi connectivity index (χ0n) is 14.8. The van der Waals surface area contributed by atoms with E-state index in [2.05, 4.69) is 10.3 Å². The SMILES string of the molecule is CSc1nc(-c2ccccc2)c(NC(=O)CN2C(=O)c3ccccc3C2=O)s1. The molecule has 2 aromatic carbocycles. The van der Waals surface area contributed by atoms with E-state index in [-0.39, 0.29) is 6.54 Å². The van der Waals surface area contributed by atoms with Crippen molar-refractivity contribution in [3.63, 3.8) is 0 Å². The topological polar surface area (TPSA) is 79.4 Å². The molecule has 6 nitrogen and oxygen atoms in total. The molecule has 0 bridgehead atoms. The van der Waals surface area contributed by atoms with Gasteiger partial charge in [-0.25, -0.2) is 4.98 Å². The molecule has 0 radical (unpaired) electrons. The molecule has 1 N–H and O–H groups in total. The molecule has 0 fully saturated rings. The van der Waals surface area contributed by atoms with Crippen molar-refractivity contribution in [2.75, 3.05) is 18.1 Å². The number of benzene rings is 2. The minimum Gasteiger partial charge on any atom is -0.314 e. The number of fused-ring (bicyclic) bond motifs is 1. The van der Waals surface area contributed by atoms with E-state index in [4.69, 9.17) is 0 Å². The number of imide groups is 1. The third-order valence-corrected chi connectivity index (χ3v) is 6.22. The first-order chi connectivity index (χ1) is 13.6. The van der Waals surface area contributed by atoms with Crippen LogP contribution in [0.25, 0.3) is 11.3 Å². The number of carbonyl (C=O) groups excluding carboxylic acids is 3. The summed E-state index contributed by atoms with van der Waals surface area (Å²) in [6.45, 7) is -0.340. The number of aromatic nitrogens is 1. The number of thioether (sulfide) groups is 1.